The Kier molecular flexibility index (Phi) is 17.9. The molecule has 0 radical (unpaired) electrons. The monoisotopic (exact) mass is 638 g/mol. The van der Waals surface area contributed by atoms with Gasteiger partial charge in [0.1, 0.15) is 5.78 Å². The Labute approximate surface area is 269 Å². The summed E-state index contributed by atoms with van der Waals surface area (Å²) in [4.78, 5) is 10.9. The van der Waals surface area contributed by atoms with Gasteiger partial charge in [0.05, 0.1) is 12.2 Å². The first-order valence-electron chi connectivity index (χ1n) is 12.8. The van der Waals surface area contributed by atoms with Gasteiger partial charge in [0.15, 0.2) is 0 Å². The first-order chi connectivity index (χ1) is 14.5. The van der Waals surface area contributed by atoms with E-state index >= 15 is 0 Å². The Morgan fingerprint density at radius 1 is 0.824 bits per heavy atom. The third-order valence-corrected chi connectivity index (χ3v) is 6.44. The molecule has 2 saturated carbocycles. The van der Waals surface area contributed by atoms with E-state index in [1.54, 1.807) is 20.8 Å². The van der Waals surface area contributed by atoms with Crippen molar-refractivity contribution in [2.45, 2.75) is 125 Å². The first kappa shape index (κ1) is 38.5. The average Bonchev–Trinajstić information content (AvgIpc) is 3.30. The van der Waals surface area contributed by atoms with E-state index < -0.39 is 5.60 Å². The van der Waals surface area contributed by atoms with Crippen LogP contribution in [0.5, 0.6) is 0 Å². The van der Waals surface area contributed by atoms with Crippen LogP contribution in [0, 0.1) is 22.7 Å². The normalized spacial score (nSPS) is 25.9. The summed E-state index contributed by atoms with van der Waals surface area (Å²) in [6, 6.07) is 0. The van der Waals surface area contributed by atoms with Crippen LogP contribution in [0.25, 0.3) is 0 Å². The van der Waals surface area contributed by atoms with E-state index in [0.29, 0.717) is 22.2 Å². The molecule has 0 N–H and O–H groups in total. The molecule has 3 nitrogen and oxygen atoms in total. The maximum atomic E-state index is 10.9. The second-order valence-electron chi connectivity index (χ2n) is 14.1. The fraction of sp³-hybridized carbons (Fsp3) is 0.964. The summed E-state index contributed by atoms with van der Waals surface area (Å²) in [6.07, 6.45) is 16.0. The second-order valence-corrected chi connectivity index (χ2v) is 25.4. The average molecular weight is 639 g/mol. The number of hydrogen-bond acceptors (Lipinski definition) is 3. The zero-order chi connectivity index (χ0) is 26.3. The summed E-state index contributed by atoms with van der Waals surface area (Å²) in [7, 11) is -0.197. The number of epoxide rings is 1. The van der Waals surface area contributed by atoms with Gasteiger partial charge in [-0.1, -0.05) is 62.3 Å². The van der Waals surface area contributed by atoms with Gasteiger partial charge in [-0.25, -0.2) is 0 Å². The molecule has 6 heteroatoms. The number of halogens is 1. The predicted octanol–water partition coefficient (Wildman–Crippen LogP) is 4.96. The molecule has 0 amide bonds. The van der Waals surface area contributed by atoms with Crippen LogP contribution in [0.4, 0.5) is 0 Å². The molecule has 0 atom stereocenters. The van der Waals surface area contributed by atoms with E-state index in [9.17, 15) is 9.90 Å². The minimum absolute atomic E-state index is 0. The third kappa shape index (κ3) is 22.3. The molecule has 34 heavy (non-hydrogen) atoms. The molecule has 0 unspecified atom stereocenters. The third-order valence-electron chi connectivity index (χ3n) is 6.44. The molecular formula is C28H56IKO3S. The molecule has 2 aliphatic carbocycles. The maximum Gasteiger partial charge on any atom is 1.00 e. The van der Waals surface area contributed by atoms with Crippen molar-refractivity contribution in [3.63, 3.8) is 0 Å². The van der Waals surface area contributed by atoms with Crippen molar-refractivity contribution in [3.05, 3.63) is 0 Å². The summed E-state index contributed by atoms with van der Waals surface area (Å²) >= 11 is 2.46. The van der Waals surface area contributed by atoms with E-state index in [0.717, 1.165) is 44.1 Å². The Hall–Kier alpha value is 2.31. The topological polar surface area (TPSA) is 52.7 Å². The van der Waals surface area contributed by atoms with E-state index in [4.69, 9.17) is 4.74 Å². The number of ether oxygens (including phenoxy) is 1. The Balaban J connectivity index is 0. The number of ketones is 1. The first-order valence-corrected chi connectivity index (χ1v) is 18.2. The van der Waals surface area contributed by atoms with Gasteiger partial charge in [-0.05, 0) is 101 Å². The molecule has 0 aromatic carbocycles. The molecule has 3 aliphatic rings. The van der Waals surface area contributed by atoms with Crippen molar-refractivity contribution < 1.29 is 66.0 Å². The minimum Gasteiger partial charge on any atom is -0.850 e. The molecule has 200 valence electrons. The molecule has 1 saturated heterocycles. The Morgan fingerprint density at radius 3 is 1.32 bits per heavy atom. The standard InChI is InChI=1S/C11H20O.C10H18O.C4H9O.C3H9IS.K/c1-10(2,3)9-4-6-11(7-5-9)8-12-11;1-10(2,3)8-4-6-9(11)7-5-8;1-4(2,3)5;1-5(2,3)4;/h9H,4-8H2,1-3H3;8H,4-7H2,1-3H3;2*1-3H3;/q;;-1;;+1. The van der Waals surface area contributed by atoms with Crippen molar-refractivity contribution in [2.75, 3.05) is 25.4 Å². The zero-order valence-corrected chi connectivity index (χ0v) is 31.1. The van der Waals surface area contributed by atoms with Crippen LogP contribution in [0.1, 0.15) is 114 Å². The predicted molar refractivity (Wildman–Crippen MR) is 156 cm³/mol. The van der Waals surface area contributed by atoms with Crippen molar-refractivity contribution in [2.24, 2.45) is 22.7 Å². The van der Waals surface area contributed by atoms with Crippen LogP contribution < -0.4 is 56.5 Å². The van der Waals surface area contributed by atoms with Crippen LogP contribution in [0.15, 0.2) is 0 Å². The van der Waals surface area contributed by atoms with Gasteiger partial charge in [-0.3, -0.25) is 4.79 Å². The SMILES string of the molecule is CC(C)(C)C1CCC(=O)CC1.CC(C)(C)C1CCC2(CC1)CO2.CC(C)(C)[O-].CS(C)(C)I.[K+]. The maximum absolute atomic E-state index is 10.9. The number of Topliss-reactive ketones (excluding diaryl/α,β-unsaturated/α-hetero) is 1. The van der Waals surface area contributed by atoms with E-state index in [1.807, 2.05) is 0 Å². The number of hydrogen-bond donors (Lipinski definition) is 0. The van der Waals surface area contributed by atoms with Gasteiger partial charge < -0.3 is 9.84 Å². The summed E-state index contributed by atoms with van der Waals surface area (Å²) in [6.45, 7) is 19.8. The van der Waals surface area contributed by atoms with Crippen molar-refractivity contribution in [1.82, 2.24) is 0 Å². The van der Waals surface area contributed by atoms with Crippen LogP contribution in [0.3, 0.4) is 0 Å². The van der Waals surface area contributed by atoms with Gasteiger partial charge >= 0.3 is 51.4 Å². The van der Waals surface area contributed by atoms with Crippen molar-refractivity contribution >= 4 is 34.2 Å². The minimum atomic E-state index is -0.750. The van der Waals surface area contributed by atoms with Gasteiger partial charge in [-0.15, -0.1) is 5.60 Å². The smallest absolute Gasteiger partial charge is 0.850 e. The summed E-state index contributed by atoms with van der Waals surface area (Å²) < 4.78 is 5.50. The van der Waals surface area contributed by atoms with Gasteiger partial charge in [-0.2, -0.15) is 7.20 Å². The molecule has 1 aliphatic heterocycles. The summed E-state index contributed by atoms with van der Waals surface area (Å²) in [5.41, 5.74) is 0.541. The van der Waals surface area contributed by atoms with E-state index in [-0.39, 0.29) is 58.6 Å². The van der Waals surface area contributed by atoms with E-state index in [2.05, 4.69) is 81.5 Å². The van der Waals surface area contributed by atoms with Crippen LogP contribution in [-0.2, 0) is 9.53 Å². The quantitative estimate of drug-likeness (QED) is 0.214. The molecule has 1 heterocycles. The molecule has 1 spiro atoms. The van der Waals surface area contributed by atoms with Gasteiger partial charge in [0.25, 0.3) is 0 Å². The van der Waals surface area contributed by atoms with Crippen molar-refractivity contribution in [1.29, 1.82) is 0 Å². The number of carbonyl (C=O) groups excluding carboxylic acids is 1. The van der Waals surface area contributed by atoms with Gasteiger partial charge in [0.2, 0.25) is 0 Å². The zero-order valence-electron chi connectivity index (χ0n) is 25.0. The van der Waals surface area contributed by atoms with Crippen molar-refractivity contribution in [3.8, 4) is 0 Å². The molecule has 0 aromatic rings. The van der Waals surface area contributed by atoms with Crippen LogP contribution in [0.2, 0.25) is 0 Å². The Morgan fingerprint density at radius 2 is 1.09 bits per heavy atom. The summed E-state index contributed by atoms with van der Waals surface area (Å²) in [5, 5.41) is 10.1. The molecular weight excluding hydrogens is 582 g/mol. The Bertz CT molecular complexity index is 534. The van der Waals surface area contributed by atoms with E-state index in [1.165, 1.54) is 25.7 Å². The number of rotatable bonds is 0. The molecule has 3 rings (SSSR count). The van der Waals surface area contributed by atoms with Crippen LogP contribution >= 0.6 is 28.4 Å². The molecule has 3 fully saturated rings. The second kappa shape index (κ2) is 15.8. The largest absolute Gasteiger partial charge is 1.00 e. The van der Waals surface area contributed by atoms with Gasteiger partial charge in [0, 0.05) is 12.8 Å². The fourth-order valence-electron chi connectivity index (χ4n) is 4.21. The summed E-state index contributed by atoms with van der Waals surface area (Å²) in [5.74, 6) is 2.15. The molecule has 0 bridgehead atoms. The molecule has 0 aromatic heterocycles. The fourth-order valence-corrected chi connectivity index (χ4v) is 4.21. The van der Waals surface area contributed by atoms with Crippen LogP contribution in [-0.4, -0.2) is 42.4 Å². The number of carbonyl (C=O) groups is 1.